The molecule has 0 aliphatic rings. The molecule has 0 saturated carbocycles. The fourth-order valence-corrected chi connectivity index (χ4v) is 5.74. The number of aromatic nitrogens is 4. The lowest BCUT2D eigenvalue weighted by Gasteiger charge is -2.12. The second kappa shape index (κ2) is 6.93. The lowest BCUT2D eigenvalue weighted by molar-refractivity contribution is 0.590. The van der Waals surface area contributed by atoms with Gasteiger partial charge in [-0.1, -0.05) is 18.2 Å². The SMILES string of the molecule is Cc1cc(-n2c(-c3ccc(C)c4c3sc3nc(F)ccc34)nc3ccccc32)cc(C)n1. The van der Waals surface area contributed by atoms with Gasteiger partial charge in [0, 0.05) is 32.4 Å². The first-order chi connectivity index (χ1) is 15.5. The van der Waals surface area contributed by atoms with Gasteiger partial charge in [0.25, 0.3) is 0 Å². The minimum absolute atomic E-state index is 0.460. The fraction of sp³-hybridized carbons (Fsp3) is 0.115. The van der Waals surface area contributed by atoms with Gasteiger partial charge in [0.15, 0.2) is 0 Å². The van der Waals surface area contributed by atoms with Gasteiger partial charge in [-0.2, -0.15) is 4.39 Å². The molecule has 0 amide bonds. The fourth-order valence-electron chi connectivity index (χ4n) is 4.49. The van der Waals surface area contributed by atoms with Crippen LogP contribution in [-0.2, 0) is 0 Å². The second-order valence-electron chi connectivity index (χ2n) is 8.09. The highest BCUT2D eigenvalue weighted by atomic mass is 32.1. The van der Waals surface area contributed by atoms with Crippen molar-refractivity contribution in [1.29, 1.82) is 0 Å². The third-order valence-corrected chi connectivity index (χ3v) is 6.92. The number of para-hydroxylation sites is 2. The number of aryl methyl sites for hydroxylation is 3. The van der Waals surface area contributed by atoms with Crippen LogP contribution in [0.1, 0.15) is 17.0 Å². The Balaban J connectivity index is 1.75. The molecule has 0 aliphatic heterocycles. The average Bonchev–Trinajstić information content (AvgIpc) is 3.32. The molecule has 6 rings (SSSR count). The zero-order chi connectivity index (χ0) is 22.0. The molecular formula is C26H19FN4S. The molecule has 2 aromatic carbocycles. The molecule has 4 aromatic heterocycles. The van der Waals surface area contributed by atoms with E-state index in [0.29, 0.717) is 4.83 Å². The normalized spacial score (nSPS) is 11.8. The standard InChI is InChI=1S/C26H19FN4S/c1-14-8-9-19(24-23(14)18-10-11-22(27)30-26(18)32-24)25-29-20-6-4-5-7-21(20)31(25)17-12-15(2)28-16(3)13-17/h4-13H,1-3H3. The maximum absolute atomic E-state index is 13.9. The van der Waals surface area contributed by atoms with Crippen LogP contribution >= 0.6 is 11.3 Å². The van der Waals surface area contributed by atoms with E-state index in [1.807, 2.05) is 38.1 Å². The van der Waals surface area contributed by atoms with E-state index in [0.717, 1.165) is 60.5 Å². The van der Waals surface area contributed by atoms with Crippen molar-refractivity contribution < 1.29 is 4.39 Å². The molecule has 156 valence electrons. The summed E-state index contributed by atoms with van der Waals surface area (Å²) < 4.78 is 17.1. The smallest absolute Gasteiger partial charge is 0.214 e. The number of benzene rings is 2. The number of halogens is 1. The van der Waals surface area contributed by atoms with Gasteiger partial charge in [-0.3, -0.25) is 9.55 Å². The second-order valence-corrected chi connectivity index (χ2v) is 9.09. The van der Waals surface area contributed by atoms with Crippen molar-refractivity contribution in [3.8, 4) is 17.1 Å². The van der Waals surface area contributed by atoms with Crippen LogP contribution in [0.3, 0.4) is 0 Å². The summed E-state index contributed by atoms with van der Waals surface area (Å²) in [5.74, 6) is 0.395. The Morgan fingerprint density at radius 1 is 0.844 bits per heavy atom. The molecule has 32 heavy (non-hydrogen) atoms. The summed E-state index contributed by atoms with van der Waals surface area (Å²) in [5, 5.41) is 2.08. The van der Waals surface area contributed by atoms with Crippen molar-refractivity contribution in [2.24, 2.45) is 0 Å². The monoisotopic (exact) mass is 438 g/mol. The first-order valence-corrected chi connectivity index (χ1v) is 11.2. The van der Waals surface area contributed by atoms with E-state index in [2.05, 4.69) is 51.8 Å². The van der Waals surface area contributed by atoms with Gasteiger partial charge in [-0.05, 0) is 68.8 Å². The van der Waals surface area contributed by atoms with Crippen molar-refractivity contribution in [3.05, 3.63) is 83.6 Å². The highest BCUT2D eigenvalue weighted by Gasteiger charge is 2.20. The Labute approximate surface area is 188 Å². The van der Waals surface area contributed by atoms with Gasteiger partial charge in [-0.25, -0.2) is 9.97 Å². The van der Waals surface area contributed by atoms with Crippen LogP contribution in [-0.4, -0.2) is 19.5 Å². The lowest BCUT2D eigenvalue weighted by Crippen LogP contribution is -2.00. The zero-order valence-electron chi connectivity index (χ0n) is 17.8. The molecule has 0 unspecified atom stereocenters. The summed E-state index contributed by atoms with van der Waals surface area (Å²) in [6, 6.07) is 19.8. The first kappa shape index (κ1) is 19.1. The Morgan fingerprint density at radius 2 is 1.62 bits per heavy atom. The van der Waals surface area contributed by atoms with Gasteiger partial charge in [0.1, 0.15) is 10.7 Å². The van der Waals surface area contributed by atoms with Crippen molar-refractivity contribution in [2.45, 2.75) is 20.8 Å². The van der Waals surface area contributed by atoms with Crippen molar-refractivity contribution in [3.63, 3.8) is 0 Å². The summed E-state index contributed by atoms with van der Waals surface area (Å²) in [6.45, 7) is 6.09. The van der Waals surface area contributed by atoms with Gasteiger partial charge in [0.05, 0.1) is 16.7 Å². The summed E-state index contributed by atoms with van der Waals surface area (Å²) in [6.07, 6.45) is 0. The summed E-state index contributed by atoms with van der Waals surface area (Å²) in [5.41, 5.74) is 7.05. The van der Waals surface area contributed by atoms with Crippen LogP contribution in [0.4, 0.5) is 4.39 Å². The highest BCUT2D eigenvalue weighted by Crippen LogP contribution is 2.42. The molecule has 6 heteroatoms. The molecule has 0 atom stereocenters. The molecule has 0 fully saturated rings. The number of nitrogens with zero attached hydrogens (tertiary/aromatic N) is 4. The van der Waals surface area contributed by atoms with Crippen LogP contribution in [0.5, 0.6) is 0 Å². The van der Waals surface area contributed by atoms with Crippen LogP contribution in [0.2, 0.25) is 0 Å². The third kappa shape index (κ3) is 2.83. The first-order valence-electron chi connectivity index (χ1n) is 10.4. The molecule has 4 nitrogen and oxygen atoms in total. The van der Waals surface area contributed by atoms with E-state index >= 15 is 0 Å². The Hall–Kier alpha value is -3.64. The maximum Gasteiger partial charge on any atom is 0.214 e. The van der Waals surface area contributed by atoms with Crippen LogP contribution in [0, 0.1) is 26.7 Å². The van der Waals surface area contributed by atoms with Crippen molar-refractivity contribution >= 4 is 42.7 Å². The summed E-state index contributed by atoms with van der Waals surface area (Å²) in [7, 11) is 0. The molecule has 0 N–H and O–H groups in total. The summed E-state index contributed by atoms with van der Waals surface area (Å²) >= 11 is 1.51. The van der Waals surface area contributed by atoms with E-state index in [1.54, 1.807) is 0 Å². The average molecular weight is 439 g/mol. The van der Waals surface area contributed by atoms with E-state index in [1.165, 1.54) is 17.4 Å². The third-order valence-electron chi connectivity index (χ3n) is 5.79. The number of imidazole rings is 1. The number of fused-ring (bicyclic) bond motifs is 4. The zero-order valence-corrected chi connectivity index (χ0v) is 18.7. The lowest BCUT2D eigenvalue weighted by atomic mass is 10.0. The molecular weight excluding hydrogens is 419 g/mol. The van der Waals surface area contributed by atoms with Crippen LogP contribution < -0.4 is 0 Å². The minimum atomic E-state index is -0.460. The van der Waals surface area contributed by atoms with Crippen molar-refractivity contribution in [2.75, 3.05) is 0 Å². The molecule has 0 saturated heterocycles. The van der Waals surface area contributed by atoms with E-state index in [9.17, 15) is 4.39 Å². The largest absolute Gasteiger partial charge is 0.292 e. The number of hydrogen-bond donors (Lipinski definition) is 0. The van der Waals surface area contributed by atoms with Gasteiger partial charge in [0.2, 0.25) is 5.95 Å². The number of rotatable bonds is 2. The van der Waals surface area contributed by atoms with Crippen LogP contribution in [0.15, 0.2) is 60.7 Å². The van der Waals surface area contributed by atoms with Gasteiger partial charge in [-0.15, -0.1) is 11.3 Å². The number of thiophene rings is 1. The predicted molar refractivity (Wildman–Crippen MR) is 129 cm³/mol. The molecule has 0 spiro atoms. The summed E-state index contributed by atoms with van der Waals surface area (Å²) in [4.78, 5) is 14.4. The Kier molecular flexibility index (Phi) is 4.13. The van der Waals surface area contributed by atoms with Gasteiger partial charge >= 0.3 is 0 Å². The number of hydrogen-bond acceptors (Lipinski definition) is 4. The maximum atomic E-state index is 13.9. The van der Waals surface area contributed by atoms with E-state index < -0.39 is 5.95 Å². The molecule has 0 aliphatic carbocycles. The quantitative estimate of drug-likeness (QED) is 0.276. The Morgan fingerprint density at radius 3 is 2.44 bits per heavy atom. The number of pyridine rings is 2. The topological polar surface area (TPSA) is 43.6 Å². The minimum Gasteiger partial charge on any atom is -0.292 e. The predicted octanol–water partition coefficient (Wildman–Crippen LogP) is 6.91. The molecule has 6 aromatic rings. The molecule has 0 bridgehead atoms. The Bertz CT molecular complexity index is 1660. The van der Waals surface area contributed by atoms with Crippen LogP contribution in [0.25, 0.3) is 48.4 Å². The molecule has 0 radical (unpaired) electrons. The van der Waals surface area contributed by atoms with Crippen molar-refractivity contribution in [1.82, 2.24) is 19.5 Å². The highest BCUT2D eigenvalue weighted by molar-refractivity contribution is 7.26. The van der Waals surface area contributed by atoms with Gasteiger partial charge < -0.3 is 0 Å². The molecule has 4 heterocycles. The van der Waals surface area contributed by atoms with E-state index in [4.69, 9.17) is 4.98 Å². The van der Waals surface area contributed by atoms with E-state index in [-0.39, 0.29) is 0 Å².